The molecule has 0 aliphatic heterocycles. The van der Waals surface area contributed by atoms with E-state index in [4.69, 9.17) is 23.2 Å². The molecule has 0 bridgehead atoms. The van der Waals surface area contributed by atoms with Crippen molar-refractivity contribution in [2.24, 2.45) is 0 Å². The van der Waals surface area contributed by atoms with E-state index in [2.05, 4.69) is 5.32 Å². The van der Waals surface area contributed by atoms with Crippen LogP contribution < -0.4 is 9.62 Å². The highest BCUT2D eigenvalue weighted by molar-refractivity contribution is 7.92. The lowest BCUT2D eigenvalue weighted by atomic mass is 10.0. The van der Waals surface area contributed by atoms with E-state index in [9.17, 15) is 22.4 Å². The van der Waals surface area contributed by atoms with Crippen molar-refractivity contribution in [3.05, 3.63) is 99.8 Å². The molecule has 0 radical (unpaired) electrons. The fraction of sp³-hybridized carbons (Fsp3) is 0.286. The summed E-state index contributed by atoms with van der Waals surface area (Å²) in [5.74, 6) is -1.78. The summed E-state index contributed by atoms with van der Waals surface area (Å²) in [6.07, 6.45) is 1.07. The van der Waals surface area contributed by atoms with Crippen molar-refractivity contribution in [1.82, 2.24) is 10.2 Å². The molecule has 0 spiro atoms. The summed E-state index contributed by atoms with van der Waals surface area (Å²) >= 11 is 12.9. The molecule has 7 nitrogen and oxygen atoms in total. The lowest BCUT2D eigenvalue weighted by molar-refractivity contribution is -0.140. The number of anilines is 1. The lowest BCUT2D eigenvalue weighted by Crippen LogP contribution is -2.54. The number of hydrogen-bond acceptors (Lipinski definition) is 4. The third kappa shape index (κ3) is 8.42. The second-order valence-electron chi connectivity index (χ2n) is 9.34. The Balaban J connectivity index is 2.10. The second kappa shape index (κ2) is 13.3. The van der Waals surface area contributed by atoms with Crippen molar-refractivity contribution in [2.75, 3.05) is 17.1 Å². The second-order valence-corrected chi connectivity index (χ2v) is 12.1. The zero-order valence-electron chi connectivity index (χ0n) is 21.8. The highest BCUT2D eigenvalue weighted by Gasteiger charge is 2.34. The third-order valence-corrected chi connectivity index (χ3v) is 7.72. The molecule has 11 heteroatoms. The van der Waals surface area contributed by atoms with E-state index in [1.54, 1.807) is 32.0 Å². The highest BCUT2D eigenvalue weighted by Crippen LogP contribution is 2.28. The molecule has 208 valence electrons. The molecule has 0 fully saturated rings. The number of nitrogens with one attached hydrogen (secondary N) is 1. The Hall–Kier alpha value is -3.14. The van der Waals surface area contributed by atoms with Crippen LogP contribution in [0.25, 0.3) is 0 Å². The maximum atomic E-state index is 14.0. The van der Waals surface area contributed by atoms with E-state index in [0.717, 1.165) is 22.2 Å². The van der Waals surface area contributed by atoms with E-state index in [0.29, 0.717) is 5.56 Å². The van der Waals surface area contributed by atoms with Crippen molar-refractivity contribution < 1.29 is 22.4 Å². The summed E-state index contributed by atoms with van der Waals surface area (Å²) in [6.45, 7) is 2.75. The smallest absolute Gasteiger partial charge is 0.244 e. The minimum Gasteiger partial charge on any atom is -0.352 e. The van der Waals surface area contributed by atoms with Gasteiger partial charge in [0.15, 0.2) is 0 Å². The van der Waals surface area contributed by atoms with Gasteiger partial charge in [0, 0.05) is 34.6 Å². The Kier molecular flexibility index (Phi) is 10.4. The lowest BCUT2D eigenvalue weighted by Gasteiger charge is -2.34. The number of hydrogen-bond donors (Lipinski definition) is 1. The van der Waals surface area contributed by atoms with Gasteiger partial charge in [-0.3, -0.25) is 13.9 Å². The van der Waals surface area contributed by atoms with Gasteiger partial charge in [0.05, 0.1) is 11.9 Å². The molecule has 1 unspecified atom stereocenters. The molecule has 39 heavy (non-hydrogen) atoms. The Morgan fingerprint density at radius 2 is 1.56 bits per heavy atom. The predicted molar refractivity (Wildman–Crippen MR) is 153 cm³/mol. The number of carbonyl (C=O) groups excluding carboxylic acids is 2. The molecule has 2 amide bonds. The van der Waals surface area contributed by atoms with Gasteiger partial charge < -0.3 is 10.2 Å². The molecule has 1 atom stereocenters. The average Bonchev–Trinajstić information content (AvgIpc) is 2.85. The van der Waals surface area contributed by atoms with E-state index in [1.807, 2.05) is 30.3 Å². The molecular formula is C28H30Cl2FN3O4S. The Morgan fingerprint density at radius 1 is 0.949 bits per heavy atom. The van der Waals surface area contributed by atoms with Crippen molar-refractivity contribution in [1.29, 1.82) is 0 Å². The number of halogens is 3. The highest BCUT2D eigenvalue weighted by atomic mass is 35.5. The largest absolute Gasteiger partial charge is 0.352 e. The normalized spacial score (nSPS) is 12.2. The summed E-state index contributed by atoms with van der Waals surface area (Å²) in [5.41, 5.74) is 1.17. The first-order valence-corrected chi connectivity index (χ1v) is 14.8. The van der Waals surface area contributed by atoms with Crippen LogP contribution >= 0.6 is 23.2 Å². The van der Waals surface area contributed by atoms with Crippen molar-refractivity contribution >= 4 is 50.7 Å². The van der Waals surface area contributed by atoms with Gasteiger partial charge in [0.2, 0.25) is 21.8 Å². The fourth-order valence-corrected chi connectivity index (χ4v) is 5.39. The molecule has 3 aromatic carbocycles. The minimum atomic E-state index is -4.01. The van der Waals surface area contributed by atoms with Crippen LogP contribution in [0.5, 0.6) is 0 Å². The Bertz CT molecular complexity index is 1400. The van der Waals surface area contributed by atoms with Crippen LogP contribution in [0, 0.1) is 5.82 Å². The van der Waals surface area contributed by atoms with Crippen LogP contribution in [0.3, 0.4) is 0 Å². The summed E-state index contributed by atoms with van der Waals surface area (Å²) in [7, 11) is -4.01. The summed E-state index contributed by atoms with van der Waals surface area (Å²) in [4.78, 5) is 28.7. The van der Waals surface area contributed by atoms with Crippen LogP contribution in [0.1, 0.15) is 25.0 Å². The quantitative estimate of drug-likeness (QED) is 0.336. The maximum Gasteiger partial charge on any atom is 0.244 e. The Morgan fingerprint density at radius 3 is 2.13 bits per heavy atom. The molecule has 3 aromatic rings. The Labute approximate surface area is 238 Å². The molecule has 0 aromatic heterocycles. The minimum absolute atomic E-state index is 0.0205. The zero-order valence-corrected chi connectivity index (χ0v) is 24.1. The summed E-state index contributed by atoms with van der Waals surface area (Å²) in [5, 5.41) is 3.43. The zero-order chi connectivity index (χ0) is 28.7. The number of rotatable bonds is 11. The van der Waals surface area contributed by atoms with Gasteiger partial charge in [-0.2, -0.15) is 0 Å². The van der Waals surface area contributed by atoms with Crippen LogP contribution in [0.15, 0.2) is 72.8 Å². The van der Waals surface area contributed by atoms with E-state index in [1.165, 1.54) is 23.1 Å². The monoisotopic (exact) mass is 593 g/mol. The fourth-order valence-electron chi connectivity index (χ4n) is 4.03. The van der Waals surface area contributed by atoms with Gasteiger partial charge in [-0.1, -0.05) is 65.7 Å². The topological polar surface area (TPSA) is 86.8 Å². The van der Waals surface area contributed by atoms with Crippen LogP contribution in [0.2, 0.25) is 10.0 Å². The predicted octanol–water partition coefficient (Wildman–Crippen LogP) is 5.06. The number of benzene rings is 3. The summed E-state index contributed by atoms with van der Waals surface area (Å²) < 4.78 is 40.2. The number of nitrogens with zero attached hydrogens (tertiary/aromatic N) is 2. The van der Waals surface area contributed by atoms with E-state index in [-0.39, 0.29) is 34.7 Å². The number of sulfonamides is 1. The maximum absolute atomic E-state index is 14.0. The first-order chi connectivity index (χ1) is 18.4. The molecular weight excluding hydrogens is 564 g/mol. The van der Waals surface area contributed by atoms with Gasteiger partial charge >= 0.3 is 0 Å². The van der Waals surface area contributed by atoms with E-state index < -0.39 is 40.2 Å². The van der Waals surface area contributed by atoms with Gasteiger partial charge in [0.1, 0.15) is 18.4 Å². The standard InChI is InChI=1S/C28H30Cl2FN3O4S/c1-19(2)32-28(36)26(15-20-9-5-4-6-10-20)33(17-23-24(29)13-8-14-25(23)30)27(35)18-34(39(3,37)38)22-12-7-11-21(31)16-22/h4-14,16,19,26H,15,17-18H2,1-3H3,(H,32,36). The number of carbonyl (C=O) groups is 2. The molecule has 0 heterocycles. The summed E-state index contributed by atoms with van der Waals surface area (Å²) in [6, 6.07) is 17.7. The average molecular weight is 595 g/mol. The van der Waals surface area contributed by atoms with Crippen LogP contribution in [-0.2, 0) is 32.6 Å². The molecule has 0 saturated heterocycles. The van der Waals surface area contributed by atoms with Crippen molar-refractivity contribution in [3.8, 4) is 0 Å². The van der Waals surface area contributed by atoms with Crippen LogP contribution in [-0.4, -0.2) is 50.0 Å². The SMILES string of the molecule is CC(C)NC(=O)C(Cc1ccccc1)N(Cc1c(Cl)cccc1Cl)C(=O)CN(c1cccc(F)c1)S(C)(=O)=O. The molecule has 0 aliphatic rings. The first-order valence-electron chi connectivity index (χ1n) is 12.2. The van der Waals surface area contributed by atoms with Crippen molar-refractivity contribution in [2.45, 2.75) is 38.9 Å². The molecule has 1 N–H and O–H groups in total. The first kappa shape index (κ1) is 30.4. The van der Waals surface area contributed by atoms with Gasteiger partial charge in [-0.15, -0.1) is 0 Å². The molecule has 0 aliphatic carbocycles. The van der Waals surface area contributed by atoms with Gasteiger partial charge in [0.25, 0.3) is 0 Å². The molecule has 0 saturated carbocycles. The van der Waals surface area contributed by atoms with Gasteiger partial charge in [-0.25, -0.2) is 12.8 Å². The van der Waals surface area contributed by atoms with E-state index >= 15 is 0 Å². The number of amides is 2. The van der Waals surface area contributed by atoms with Gasteiger partial charge in [-0.05, 0) is 49.7 Å². The van der Waals surface area contributed by atoms with Crippen molar-refractivity contribution in [3.63, 3.8) is 0 Å². The molecule has 3 rings (SSSR count). The van der Waals surface area contributed by atoms with Crippen LogP contribution in [0.4, 0.5) is 10.1 Å². The third-order valence-electron chi connectivity index (χ3n) is 5.87.